The van der Waals surface area contributed by atoms with Gasteiger partial charge in [-0.2, -0.15) is 0 Å². The van der Waals surface area contributed by atoms with Crippen molar-refractivity contribution in [1.82, 2.24) is 0 Å². The highest BCUT2D eigenvalue weighted by atomic mass is 16.2. The van der Waals surface area contributed by atoms with Crippen LogP contribution in [0.25, 0.3) is 0 Å². The fraction of sp³-hybridized carbons (Fsp3) is 0.333. The highest BCUT2D eigenvalue weighted by Gasteiger charge is 2.35. The molecule has 130 valence electrons. The first-order chi connectivity index (χ1) is 12.0. The largest absolute Gasteiger partial charge is 0.326 e. The number of benzene rings is 2. The molecular weight excluding hydrogens is 312 g/mol. The molecule has 0 radical (unpaired) electrons. The summed E-state index contributed by atoms with van der Waals surface area (Å²) >= 11 is 0. The summed E-state index contributed by atoms with van der Waals surface area (Å²) < 4.78 is 0. The van der Waals surface area contributed by atoms with E-state index < -0.39 is 0 Å². The van der Waals surface area contributed by atoms with Gasteiger partial charge >= 0.3 is 0 Å². The van der Waals surface area contributed by atoms with Gasteiger partial charge in [-0.1, -0.05) is 36.8 Å². The first-order valence-corrected chi connectivity index (χ1v) is 8.75. The number of anilines is 2. The lowest BCUT2D eigenvalue weighted by Crippen LogP contribution is -2.28. The van der Waals surface area contributed by atoms with Crippen LogP contribution < -0.4 is 10.2 Å². The summed E-state index contributed by atoms with van der Waals surface area (Å²) in [7, 11) is 0. The van der Waals surface area contributed by atoms with E-state index in [4.69, 9.17) is 0 Å². The third kappa shape index (κ3) is 3.73. The zero-order chi connectivity index (χ0) is 18.0. The summed E-state index contributed by atoms with van der Waals surface area (Å²) in [4.78, 5) is 26.7. The summed E-state index contributed by atoms with van der Waals surface area (Å²) in [5.74, 6) is -0.401. The van der Waals surface area contributed by atoms with Crippen molar-refractivity contribution in [2.24, 2.45) is 5.92 Å². The molecule has 25 heavy (non-hydrogen) atoms. The summed E-state index contributed by atoms with van der Waals surface area (Å²) in [5.41, 5.74) is 5.08. The Labute approximate surface area is 148 Å². The van der Waals surface area contributed by atoms with E-state index in [1.807, 2.05) is 50.2 Å². The average molecular weight is 336 g/mol. The molecule has 0 spiro atoms. The molecule has 4 heteroatoms. The van der Waals surface area contributed by atoms with Crippen LogP contribution in [-0.2, 0) is 16.0 Å². The SMILES string of the molecule is CCc1cccc(N2CC(C(=O)Nc3ccc(C)cc3C)CC2=O)c1. The van der Waals surface area contributed by atoms with Gasteiger partial charge in [0.25, 0.3) is 0 Å². The second kappa shape index (κ2) is 7.09. The van der Waals surface area contributed by atoms with Gasteiger partial charge < -0.3 is 10.2 Å². The van der Waals surface area contributed by atoms with Crippen LogP contribution in [0.1, 0.15) is 30.0 Å². The second-order valence-corrected chi connectivity index (χ2v) is 6.74. The minimum absolute atomic E-state index is 0.00836. The number of amides is 2. The van der Waals surface area contributed by atoms with Crippen LogP contribution in [0.4, 0.5) is 11.4 Å². The van der Waals surface area contributed by atoms with Gasteiger partial charge in [0.05, 0.1) is 5.92 Å². The topological polar surface area (TPSA) is 49.4 Å². The van der Waals surface area contributed by atoms with Gasteiger partial charge in [-0.15, -0.1) is 0 Å². The standard InChI is InChI=1S/C21H24N2O2/c1-4-16-6-5-7-18(11-16)23-13-17(12-20(23)24)21(25)22-19-9-8-14(2)10-15(19)3/h5-11,17H,4,12-13H2,1-3H3,(H,22,25). The summed E-state index contributed by atoms with van der Waals surface area (Å²) in [6.07, 6.45) is 1.18. The molecule has 1 fully saturated rings. The number of carbonyl (C=O) groups excluding carboxylic acids is 2. The van der Waals surface area contributed by atoms with E-state index in [1.165, 1.54) is 5.56 Å². The number of hydrogen-bond acceptors (Lipinski definition) is 2. The van der Waals surface area contributed by atoms with E-state index in [1.54, 1.807) is 4.90 Å². The molecule has 1 aliphatic heterocycles. The maximum atomic E-state index is 12.6. The molecule has 0 bridgehead atoms. The fourth-order valence-corrected chi connectivity index (χ4v) is 3.27. The van der Waals surface area contributed by atoms with Gasteiger partial charge in [0.1, 0.15) is 0 Å². The zero-order valence-electron chi connectivity index (χ0n) is 15.0. The molecule has 0 aliphatic carbocycles. The predicted octanol–water partition coefficient (Wildman–Crippen LogP) is 3.86. The third-order valence-electron chi connectivity index (χ3n) is 4.77. The number of carbonyl (C=O) groups is 2. The molecule has 1 heterocycles. The lowest BCUT2D eigenvalue weighted by Gasteiger charge is -2.18. The first-order valence-electron chi connectivity index (χ1n) is 8.75. The lowest BCUT2D eigenvalue weighted by atomic mass is 10.1. The van der Waals surface area contributed by atoms with Crippen LogP contribution in [0, 0.1) is 19.8 Å². The van der Waals surface area contributed by atoms with E-state index in [0.717, 1.165) is 28.9 Å². The molecule has 1 unspecified atom stereocenters. The summed E-state index contributed by atoms with van der Waals surface area (Å²) in [6, 6.07) is 13.9. The van der Waals surface area contributed by atoms with Crippen molar-refractivity contribution < 1.29 is 9.59 Å². The van der Waals surface area contributed by atoms with Gasteiger partial charge in [0.15, 0.2) is 0 Å². The smallest absolute Gasteiger partial charge is 0.229 e. The fourth-order valence-electron chi connectivity index (χ4n) is 3.27. The Kier molecular flexibility index (Phi) is 4.88. The van der Waals surface area contributed by atoms with Crippen molar-refractivity contribution in [3.05, 3.63) is 59.2 Å². The van der Waals surface area contributed by atoms with Crippen LogP contribution in [0.2, 0.25) is 0 Å². The van der Waals surface area contributed by atoms with Crippen LogP contribution in [0.15, 0.2) is 42.5 Å². The van der Waals surface area contributed by atoms with Crippen molar-refractivity contribution in [3.63, 3.8) is 0 Å². The normalized spacial score (nSPS) is 17.0. The molecule has 1 atom stereocenters. The van der Waals surface area contributed by atoms with Crippen LogP contribution in [-0.4, -0.2) is 18.4 Å². The molecule has 1 N–H and O–H groups in total. The molecule has 2 aromatic carbocycles. The second-order valence-electron chi connectivity index (χ2n) is 6.74. The maximum Gasteiger partial charge on any atom is 0.229 e. The average Bonchev–Trinajstić information content (AvgIpc) is 2.99. The first kappa shape index (κ1) is 17.2. The predicted molar refractivity (Wildman–Crippen MR) is 101 cm³/mol. The molecular formula is C21H24N2O2. The van der Waals surface area contributed by atoms with Crippen molar-refractivity contribution in [3.8, 4) is 0 Å². The molecule has 4 nitrogen and oxygen atoms in total. The van der Waals surface area contributed by atoms with E-state index in [-0.39, 0.29) is 24.2 Å². The van der Waals surface area contributed by atoms with E-state index in [2.05, 4.69) is 18.3 Å². The van der Waals surface area contributed by atoms with Crippen molar-refractivity contribution >= 4 is 23.2 Å². The van der Waals surface area contributed by atoms with Gasteiger partial charge in [-0.3, -0.25) is 9.59 Å². The molecule has 0 saturated carbocycles. The lowest BCUT2D eigenvalue weighted by molar-refractivity contribution is -0.122. The molecule has 3 rings (SSSR count). The monoisotopic (exact) mass is 336 g/mol. The minimum Gasteiger partial charge on any atom is -0.326 e. The Morgan fingerprint density at radius 2 is 2.00 bits per heavy atom. The van der Waals surface area contributed by atoms with Crippen LogP contribution >= 0.6 is 0 Å². The Morgan fingerprint density at radius 1 is 1.20 bits per heavy atom. The Balaban J connectivity index is 1.72. The molecule has 2 amide bonds. The summed E-state index contributed by atoms with van der Waals surface area (Å²) in [5, 5.41) is 2.98. The van der Waals surface area contributed by atoms with E-state index in [0.29, 0.717) is 6.54 Å². The number of nitrogens with one attached hydrogen (secondary N) is 1. The van der Waals surface area contributed by atoms with Crippen LogP contribution in [0.5, 0.6) is 0 Å². The Hall–Kier alpha value is -2.62. The number of rotatable bonds is 4. The Morgan fingerprint density at radius 3 is 2.72 bits per heavy atom. The number of nitrogens with zero attached hydrogens (tertiary/aromatic N) is 1. The van der Waals surface area contributed by atoms with Gasteiger partial charge in [-0.25, -0.2) is 0 Å². The molecule has 1 aliphatic rings. The van der Waals surface area contributed by atoms with Crippen molar-refractivity contribution in [1.29, 1.82) is 0 Å². The van der Waals surface area contributed by atoms with Crippen molar-refractivity contribution in [2.45, 2.75) is 33.6 Å². The van der Waals surface area contributed by atoms with Gasteiger partial charge in [-0.05, 0) is 49.6 Å². The zero-order valence-corrected chi connectivity index (χ0v) is 15.0. The summed E-state index contributed by atoms with van der Waals surface area (Å²) in [6.45, 7) is 6.52. The van der Waals surface area contributed by atoms with E-state index in [9.17, 15) is 9.59 Å². The highest BCUT2D eigenvalue weighted by molar-refractivity contribution is 6.03. The highest BCUT2D eigenvalue weighted by Crippen LogP contribution is 2.27. The van der Waals surface area contributed by atoms with E-state index >= 15 is 0 Å². The number of hydrogen-bond donors (Lipinski definition) is 1. The Bertz CT molecular complexity index is 813. The minimum atomic E-state index is -0.321. The van der Waals surface area contributed by atoms with Gasteiger partial charge in [0, 0.05) is 24.3 Å². The molecule has 1 saturated heterocycles. The van der Waals surface area contributed by atoms with Gasteiger partial charge in [0.2, 0.25) is 11.8 Å². The quantitative estimate of drug-likeness (QED) is 0.922. The maximum absolute atomic E-state index is 12.6. The molecule has 0 aromatic heterocycles. The third-order valence-corrected chi connectivity index (χ3v) is 4.77. The number of aryl methyl sites for hydroxylation is 3. The van der Waals surface area contributed by atoms with Crippen LogP contribution in [0.3, 0.4) is 0 Å². The molecule has 2 aromatic rings. The van der Waals surface area contributed by atoms with Crippen molar-refractivity contribution in [2.75, 3.05) is 16.8 Å².